The first-order valence-corrected chi connectivity index (χ1v) is 5.46. The highest BCUT2D eigenvalue weighted by Crippen LogP contribution is 2.21. The predicted molar refractivity (Wildman–Crippen MR) is 67.0 cm³/mol. The summed E-state index contributed by atoms with van der Waals surface area (Å²) in [5.41, 5.74) is 1.08. The second kappa shape index (κ2) is 5.01. The fourth-order valence-electron chi connectivity index (χ4n) is 1.61. The fourth-order valence-corrected chi connectivity index (χ4v) is 1.61. The van der Waals surface area contributed by atoms with Gasteiger partial charge in [0.25, 0.3) is 0 Å². The summed E-state index contributed by atoms with van der Waals surface area (Å²) in [7, 11) is 0. The summed E-state index contributed by atoms with van der Waals surface area (Å²) in [4.78, 5) is 11.2. The lowest BCUT2D eigenvalue weighted by Crippen LogP contribution is -2.08. The summed E-state index contributed by atoms with van der Waals surface area (Å²) >= 11 is 0. The van der Waals surface area contributed by atoms with Gasteiger partial charge in [-0.05, 0) is 25.1 Å². The average molecular weight is 263 g/mol. The van der Waals surface area contributed by atoms with Crippen LogP contribution in [-0.4, -0.2) is 15.7 Å². The maximum atomic E-state index is 13.6. The lowest BCUT2D eigenvalue weighted by molar-refractivity contribution is -0.111. The second-order valence-electron chi connectivity index (χ2n) is 3.84. The van der Waals surface area contributed by atoms with Crippen LogP contribution in [0.25, 0.3) is 5.69 Å². The summed E-state index contributed by atoms with van der Waals surface area (Å²) in [6.45, 7) is 5.00. The van der Waals surface area contributed by atoms with Crippen LogP contribution >= 0.6 is 0 Å². The van der Waals surface area contributed by atoms with Gasteiger partial charge in [0.1, 0.15) is 11.5 Å². The number of nitrogens with one attached hydrogen (secondary N) is 1. The maximum Gasteiger partial charge on any atom is 0.247 e. The minimum absolute atomic E-state index is 0.109. The van der Waals surface area contributed by atoms with Gasteiger partial charge in [-0.15, -0.1) is 0 Å². The smallest absolute Gasteiger partial charge is 0.247 e. The lowest BCUT2D eigenvalue weighted by Gasteiger charge is -2.07. The topological polar surface area (TPSA) is 46.9 Å². The van der Waals surface area contributed by atoms with E-state index in [4.69, 9.17) is 0 Å². The van der Waals surface area contributed by atoms with Crippen LogP contribution < -0.4 is 5.32 Å². The molecule has 0 fully saturated rings. The van der Waals surface area contributed by atoms with Crippen LogP contribution in [0.15, 0.2) is 37.1 Å². The van der Waals surface area contributed by atoms with Gasteiger partial charge in [-0.3, -0.25) is 4.79 Å². The van der Waals surface area contributed by atoms with E-state index in [0.29, 0.717) is 11.4 Å². The molecule has 2 rings (SSSR count). The average Bonchev–Trinajstić information content (AvgIpc) is 2.71. The highest BCUT2D eigenvalue weighted by Gasteiger charge is 2.13. The monoisotopic (exact) mass is 263 g/mol. The molecule has 0 saturated heterocycles. The third-order valence-electron chi connectivity index (χ3n) is 2.59. The Bertz CT molecular complexity index is 649. The fraction of sp³-hybridized carbons (Fsp3) is 0.0769. The molecule has 0 saturated carbocycles. The molecular weight excluding hydrogens is 252 g/mol. The van der Waals surface area contributed by atoms with E-state index in [2.05, 4.69) is 17.0 Å². The van der Waals surface area contributed by atoms with E-state index < -0.39 is 11.6 Å². The SMILES string of the molecule is C=CC(=O)Nc1cnn(-c2ccc(F)cc2F)c1C. The number of halogens is 2. The summed E-state index contributed by atoms with van der Waals surface area (Å²) in [6.07, 6.45) is 2.51. The molecule has 2 aromatic rings. The molecule has 0 aliphatic heterocycles. The van der Waals surface area contributed by atoms with Gasteiger partial charge >= 0.3 is 0 Å². The first-order chi connectivity index (χ1) is 9.02. The van der Waals surface area contributed by atoms with Crippen molar-refractivity contribution in [2.45, 2.75) is 6.92 Å². The molecule has 0 aliphatic rings. The molecular formula is C13H11F2N3O. The Balaban J connectivity index is 2.41. The summed E-state index contributed by atoms with van der Waals surface area (Å²) in [5.74, 6) is -1.78. The van der Waals surface area contributed by atoms with E-state index in [0.717, 1.165) is 18.2 Å². The largest absolute Gasteiger partial charge is 0.320 e. The number of amides is 1. The zero-order chi connectivity index (χ0) is 14.0. The van der Waals surface area contributed by atoms with E-state index in [1.165, 1.54) is 16.9 Å². The standard InChI is InChI=1S/C13H11F2N3O/c1-3-13(19)17-11-7-16-18(8(11)2)12-5-4-9(14)6-10(12)15/h3-7H,1H2,2H3,(H,17,19). The van der Waals surface area contributed by atoms with Crippen molar-refractivity contribution in [1.82, 2.24) is 9.78 Å². The molecule has 1 aromatic heterocycles. The zero-order valence-electron chi connectivity index (χ0n) is 10.2. The normalized spacial score (nSPS) is 10.3. The van der Waals surface area contributed by atoms with Crippen molar-refractivity contribution >= 4 is 11.6 Å². The number of aromatic nitrogens is 2. The molecule has 1 N–H and O–H groups in total. The Morgan fingerprint density at radius 3 is 2.84 bits per heavy atom. The molecule has 19 heavy (non-hydrogen) atoms. The summed E-state index contributed by atoms with van der Waals surface area (Å²) < 4.78 is 27.8. The Labute approximate surface area is 108 Å². The van der Waals surface area contributed by atoms with Gasteiger partial charge in [0.2, 0.25) is 5.91 Å². The predicted octanol–water partition coefficient (Wildman–Crippen LogP) is 2.58. The Morgan fingerprint density at radius 1 is 1.47 bits per heavy atom. The number of nitrogens with zero attached hydrogens (tertiary/aromatic N) is 2. The van der Waals surface area contributed by atoms with Crippen LogP contribution in [-0.2, 0) is 4.79 Å². The number of benzene rings is 1. The van der Waals surface area contributed by atoms with Crippen LogP contribution in [0.5, 0.6) is 0 Å². The molecule has 6 heteroatoms. The Morgan fingerprint density at radius 2 is 2.21 bits per heavy atom. The zero-order valence-corrected chi connectivity index (χ0v) is 10.2. The van der Waals surface area contributed by atoms with Crippen molar-refractivity contribution in [3.63, 3.8) is 0 Å². The van der Waals surface area contributed by atoms with Crippen molar-refractivity contribution < 1.29 is 13.6 Å². The van der Waals surface area contributed by atoms with Crippen molar-refractivity contribution in [2.75, 3.05) is 5.32 Å². The van der Waals surface area contributed by atoms with Crippen molar-refractivity contribution in [3.8, 4) is 5.69 Å². The molecule has 4 nitrogen and oxygen atoms in total. The van der Waals surface area contributed by atoms with Gasteiger partial charge < -0.3 is 5.32 Å². The van der Waals surface area contributed by atoms with Gasteiger partial charge in [0.15, 0.2) is 5.82 Å². The van der Waals surface area contributed by atoms with Gasteiger partial charge in [0.05, 0.1) is 17.6 Å². The summed E-state index contributed by atoms with van der Waals surface area (Å²) in [6, 6.07) is 3.20. The first-order valence-electron chi connectivity index (χ1n) is 5.46. The minimum Gasteiger partial charge on any atom is -0.320 e. The number of carbonyl (C=O) groups excluding carboxylic acids is 1. The van der Waals surface area contributed by atoms with Crippen LogP contribution in [0.2, 0.25) is 0 Å². The highest BCUT2D eigenvalue weighted by molar-refractivity contribution is 5.99. The number of rotatable bonds is 3. The van der Waals surface area contributed by atoms with Crippen LogP contribution in [0, 0.1) is 18.6 Å². The molecule has 0 unspecified atom stereocenters. The van der Waals surface area contributed by atoms with E-state index >= 15 is 0 Å². The number of hydrogen-bond acceptors (Lipinski definition) is 2. The van der Waals surface area contributed by atoms with Crippen LogP contribution in [0.3, 0.4) is 0 Å². The lowest BCUT2D eigenvalue weighted by atomic mass is 10.3. The van der Waals surface area contributed by atoms with Gasteiger partial charge in [-0.2, -0.15) is 5.10 Å². The molecule has 1 heterocycles. The van der Waals surface area contributed by atoms with Crippen molar-refractivity contribution in [2.24, 2.45) is 0 Å². The minimum atomic E-state index is -0.729. The first kappa shape index (κ1) is 12.9. The quantitative estimate of drug-likeness (QED) is 0.865. The second-order valence-corrected chi connectivity index (χ2v) is 3.84. The van der Waals surface area contributed by atoms with Crippen LogP contribution in [0.1, 0.15) is 5.69 Å². The highest BCUT2D eigenvalue weighted by atomic mass is 19.1. The number of hydrogen-bond donors (Lipinski definition) is 1. The molecule has 1 aromatic carbocycles. The molecule has 1 amide bonds. The number of anilines is 1. The molecule has 0 aliphatic carbocycles. The van der Waals surface area contributed by atoms with Gasteiger partial charge in [-0.1, -0.05) is 6.58 Å². The van der Waals surface area contributed by atoms with E-state index in [1.807, 2.05) is 0 Å². The van der Waals surface area contributed by atoms with E-state index in [9.17, 15) is 13.6 Å². The molecule has 0 bridgehead atoms. The van der Waals surface area contributed by atoms with Gasteiger partial charge in [0, 0.05) is 6.07 Å². The van der Waals surface area contributed by atoms with Gasteiger partial charge in [-0.25, -0.2) is 13.5 Å². The Hall–Kier alpha value is -2.50. The molecule has 0 radical (unpaired) electrons. The molecule has 98 valence electrons. The van der Waals surface area contributed by atoms with Crippen LogP contribution in [0.4, 0.5) is 14.5 Å². The summed E-state index contributed by atoms with van der Waals surface area (Å²) in [5, 5.41) is 6.51. The van der Waals surface area contributed by atoms with Crippen molar-refractivity contribution in [1.29, 1.82) is 0 Å². The number of carbonyl (C=O) groups is 1. The van der Waals surface area contributed by atoms with Crippen molar-refractivity contribution in [3.05, 3.63) is 54.4 Å². The maximum absolute atomic E-state index is 13.6. The Kier molecular flexibility index (Phi) is 3.41. The third-order valence-corrected chi connectivity index (χ3v) is 2.59. The van der Waals surface area contributed by atoms with E-state index in [-0.39, 0.29) is 11.6 Å². The molecule has 0 spiro atoms. The third kappa shape index (κ3) is 2.52. The van der Waals surface area contributed by atoms with E-state index in [1.54, 1.807) is 6.92 Å². The molecule has 0 atom stereocenters.